The summed E-state index contributed by atoms with van der Waals surface area (Å²) in [6, 6.07) is 0. The summed E-state index contributed by atoms with van der Waals surface area (Å²) < 4.78 is 10.0. The molecule has 6 heteroatoms. The van der Waals surface area contributed by atoms with Crippen LogP contribution >= 0.6 is 0 Å². The van der Waals surface area contributed by atoms with Crippen LogP contribution in [0, 0.1) is 22.7 Å². The van der Waals surface area contributed by atoms with Crippen molar-refractivity contribution in [2.24, 2.45) is 22.7 Å². The van der Waals surface area contributed by atoms with Crippen molar-refractivity contribution >= 4 is 23.5 Å². The van der Waals surface area contributed by atoms with Crippen LogP contribution in [0.3, 0.4) is 0 Å². The second-order valence-corrected chi connectivity index (χ2v) is 11.9. The van der Waals surface area contributed by atoms with E-state index < -0.39 is 0 Å². The van der Waals surface area contributed by atoms with Crippen LogP contribution in [-0.2, 0) is 28.7 Å². The molecule has 0 aromatic heterocycles. The Kier molecular flexibility index (Phi) is 12.8. The fourth-order valence-electron chi connectivity index (χ4n) is 4.77. The molecule has 1 rings (SSSR count). The second kappa shape index (κ2) is 14.5. The topological polar surface area (TPSA) is 86.7 Å². The minimum Gasteiger partial charge on any atom is -0.466 e. The van der Waals surface area contributed by atoms with Crippen molar-refractivity contribution in [3.63, 3.8) is 0 Å². The second-order valence-electron chi connectivity index (χ2n) is 11.9. The molecule has 0 radical (unpaired) electrons. The van der Waals surface area contributed by atoms with Crippen molar-refractivity contribution in [1.82, 2.24) is 0 Å². The van der Waals surface area contributed by atoms with Gasteiger partial charge in [0.2, 0.25) is 0 Å². The van der Waals surface area contributed by atoms with Gasteiger partial charge >= 0.3 is 11.9 Å². The fraction of sp³-hybridized carbons (Fsp3) is 0.733. The SMILES string of the molecule is CC(=O)OCCC(C)CCCC(C)(C)C1=CC(=O)C(C(C)(C)CCCC(C)CCOC(C)=O)=CC1=O. The summed E-state index contributed by atoms with van der Waals surface area (Å²) in [5, 5.41) is 0. The highest BCUT2D eigenvalue weighted by Crippen LogP contribution is 2.40. The number of hydrogen-bond acceptors (Lipinski definition) is 6. The minimum atomic E-state index is -0.383. The zero-order valence-electron chi connectivity index (χ0n) is 23.8. The molecular formula is C30H48O6. The first-order valence-corrected chi connectivity index (χ1v) is 13.5. The van der Waals surface area contributed by atoms with E-state index in [2.05, 4.69) is 13.8 Å². The molecule has 2 unspecified atom stereocenters. The molecule has 0 aromatic carbocycles. The number of carbonyl (C=O) groups excluding carboxylic acids is 4. The van der Waals surface area contributed by atoms with Crippen LogP contribution in [-0.4, -0.2) is 36.7 Å². The van der Waals surface area contributed by atoms with Gasteiger partial charge in [0.25, 0.3) is 0 Å². The number of ketones is 2. The van der Waals surface area contributed by atoms with Crippen LogP contribution in [0.15, 0.2) is 23.3 Å². The lowest BCUT2D eigenvalue weighted by atomic mass is 9.70. The van der Waals surface area contributed by atoms with Crippen molar-refractivity contribution in [2.75, 3.05) is 13.2 Å². The molecule has 204 valence electrons. The molecule has 0 saturated heterocycles. The first-order chi connectivity index (χ1) is 16.7. The number of ether oxygens (including phenoxy) is 2. The first kappa shape index (κ1) is 31.8. The Hall–Kier alpha value is -2.24. The van der Waals surface area contributed by atoms with Gasteiger partial charge in [0, 0.05) is 25.0 Å². The monoisotopic (exact) mass is 504 g/mol. The molecule has 0 fully saturated rings. The van der Waals surface area contributed by atoms with Gasteiger partial charge in [-0.15, -0.1) is 0 Å². The molecule has 36 heavy (non-hydrogen) atoms. The predicted octanol–water partition coefficient (Wildman–Crippen LogP) is 6.56. The van der Waals surface area contributed by atoms with Gasteiger partial charge in [-0.2, -0.15) is 0 Å². The van der Waals surface area contributed by atoms with Gasteiger partial charge in [0.1, 0.15) is 0 Å². The van der Waals surface area contributed by atoms with Crippen molar-refractivity contribution in [3.05, 3.63) is 23.3 Å². The Labute approximate surface area is 218 Å². The average molecular weight is 505 g/mol. The van der Waals surface area contributed by atoms with Crippen molar-refractivity contribution in [1.29, 1.82) is 0 Å². The van der Waals surface area contributed by atoms with E-state index in [1.165, 1.54) is 13.8 Å². The van der Waals surface area contributed by atoms with Gasteiger partial charge in [0.15, 0.2) is 11.6 Å². The zero-order chi connectivity index (χ0) is 27.5. The predicted molar refractivity (Wildman–Crippen MR) is 142 cm³/mol. The molecule has 0 spiro atoms. The number of allylic oxidation sites excluding steroid dienone is 4. The van der Waals surface area contributed by atoms with Gasteiger partial charge in [-0.25, -0.2) is 0 Å². The van der Waals surface area contributed by atoms with Gasteiger partial charge < -0.3 is 9.47 Å². The Morgan fingerprint density at radius 1 is 0.694 bits per heavy atom. The molecule has 0 saturated carbocycles. The largest absolute Gasteiger partial charge is 0.466 e. The lowest BCUT2D eigenvalue weighted by Crippen LogP contribution is -2.30. The summed E-state index contributed by atoms with van der Waals surface area (Å²) in [5.74, 6) is 0.235. The number of carbonyl (C=O) groups is 4. The fourth-order valence-corrected chi connectivity index (χ4v) is 4.77. The van der Waals surface area contributed by atoms with Crippen LogP contribution in [0.2, 0.25) is 0 Å². The molecule has 0 heterocycles. The summed E-state index contributed by atoms with van der Waals surface area (Å²) in [7, 11) is 0. The van der Waals surface area contributed by atoms with Crippen LogP contribution < -0.4 is 0 Å². The molecule has 1 aliphatic carbocycles. The molecule has 0 aromatic rings. The van der Waals surface area contributed by atoms with E-state index in [-0.39, 0.29) is 34.3 Å². The molecule has 2 atom stereocenters. The highest BCUT2D eigenvalue weighted by molar-refractivity contribution is 6.20. The number of rotatable bonds is 16. The third-order valence-electron chi connectivity index (χ3n) is 7.37. The Morgan fingerprint density at radius 2 is 1.03 bits per heavy atom. The van der Waals surface area contributed by atoms with E-state index in [1.807, 2.05) is 27.7 Å². The normalized spacial score (nSPS) is 16.2. The number of hydrogen-bond donors (Lipinski definition) is 0. The standard InChI is InChI=1S/C30H48O6/c1-21(13-17-35-23(3)31)11-9-15-29(5,6)25-19-28(34)26(20-27(25)33)30(7,8)16-10-12-22(2)14-18-36-24(4)32/h19-22H,9-18H2,1-8H3. The van der Waals surface area contributed by atoms with Crippen LogP contribution in [0.1, 0.15) is 107 Å². The highest BCUT2D eigenvalue weighted by Gasteiger charge is 2.36. The minimum absolute atomic E-state index is 0.0552. The Balaban J connectivity index is 2.62. The maximum Gasteiger partial charge on any atom is 0.302 e. The summed E-state index contributed by atoms with van der Waals surface area (Å²) in [6.07, 6.45) is 10.3. The number of esters is 2. The van der Waals surface area contributed by atoms with Gasteiger partial charge in [-0.3, -0.25) is 19.2 Å². The Bertz CT molecular complexity index is 776. The Morgan fingerprint density at radius 3 is 1.33 bits per heavy atom. The molecule has 6 nitrogen and oxygen atoms in total. The first-order valence-electron chi connectivity index (χ1n) is 13.5. The van der Waals surface area contributed by atoms with Crippen molar-refractivity contribution in [3.8, 4) is 0 Å². The van der Waals surface area contributed by atoms with E-state index in [0.29, 0.717) is 36.2 Å². The molecular weight excluding hydrogens is 456 g/mol. The average Bonchev–Trinajstić information content (AvgIpc) is 2.74. The van der Waals surface area contributed by atoms with Crippen LogP contribution in [0.25, 0.3) is 0 Å². The van der Waals surface area contributed by atoms with Crippen LogP contribution in [0.4, 0.5) is 0 Å². The smallest absolute Gasteiger partial charge is 0.302 e. The maximum atomic E-state index is 13.1. The van der Waals surface area contributed by atoms with E-state index in [0.717, 1.165) is 51.4 Å². The summed E-state index contributed by atoms with van der Waals surface area (Å²) in [4.78, 5) is 48.1. The van der Waals surface area contributed by atoms with Crippen LogP contribution in [0.5, 0.6) is 0 Å². The summed E-state index contributed by atoms with van der Waals surface area (Å²) in [5.41, 5.74) is 0.426. The van der Waals surface area contributed by atoms with E-state index in [9.17, 15) is 19.2 Å². The third kappa shape index (κ3) is 11.2. The van der Waals surface area contributed by atoms with Crippen molar-refractivity contribution in [2.45, 2.75) is 107 Å². The lowest BCUT2D eigenvalue weighted by molar-refractivity contribution is -0.142. The van der Waals surface area contributed by atoms with E-state index in [4.69, 9.17) is 9.47 Å². The maximum absolute atomic E-state index is 13.1. The summed E-state index contributed by atoms with van der Waals surface area (Å²) in [6.45, 7) is 16.1. The highest BCUT2D eigenvalue weighted by atomic mass is 16.5. The van der Waals surface area contributed by atoms with Gasteiger partial charge in [-0.05, 0) is 60.5 Å². The zero-order valence-corrected chi connectivity index (χ0v) is 23.8. The lowest BCUT2D eigenvalue weighted by Gasteiger charge is -2.33. The quantitative estimate of drug-likeness (QED) is 0.175. The molecule has 0 aliphatic heterocycles. The van der Waals surface area contributed by atoms with Gasteiger partial charge in [0.05, 0.1) is 13.2 Å². The van der Waals surface area contributed by atoms with Crippen molar-refractivity contribution < 1.29 is 28.7 Å². The molecule has 0 bridgehead atoms. The van der Waals surface area contributed by atoms with Gasteiger partial charge in [-0.1, -0.05) is 67.2 Å². The third-order valence-corrected chi connectivity index (χ3v) is 7.37. The van der Waals surface area contributed by atoms with E-state index >= 15 is 0 Å². The molecule has 0 N–H and O–H groups in total. The summed E-state index contributed by atoms with van der Waals surface area (Å²) >= 11 is 0. The van der Waals surface area contributed by atoms with E-state index in [1.54, 1.807) is 12.2 Å². The molecule has 0 amide bonds. The molecule has 1 aliphatic rings.